The molecule has 0 aliphatic carbocycles. The van der Waals surface area contributed by atoms with Crippen molar-refractivity contribution in [2.75, 3.05) is 13.2 Å². The fraction of sp³-hybridized carbons (Fsp3) is 0.200. The van der Waals surface area contributed by atoms with Gasteiger partial charge >= 0.3 is 0 Å². The molecule has 1 fully saturated rings. The SMILES string of the molecule is O=[N+]([O-])c1cccc(-n2cccc2[C@@H]2[C@H](c3ccccn3)NC(=S)N2CCO)c1. The predicted molar refractivity (Wildman–Crippen MR) is 112 cm³/mol. The van der Waals surface area contributed by atoms with Crippen LogP contribution in [-0.2, 0) is 0 Å². The van der Waals surface area contributed by atoms with Crippen molar-refractivity contribution in [3.63, 3.8) is 0 Å². The number of rotatable bonds is 6. The van der Waals surface area contributed by atoms with E-state index in [-0.39, 0.29) is 24.4 Å². The van der Waals surface area contributed by atoms with Crippen molar-refractivity contribution >= 4 is 23.0 Å². The fourth-order valence-corrected chi connectivity index (χ4v) is 4.03. The van der Waals surface area contributed by atoms with E-state index in [1.54, 1.807) is 12.3 Å². The quantitative estimate of drug-likeness (QED) is 0.367. The lowest BCUT2D eigenvalue weighted by molar-refractivity contribution is -0.384. The molecule has 1 saturated heterocycles. The van der Waals surface area contributed by atoms with Gasteiger partial charge in [0.2, 0.25) is 0 Å². The van der Waals surface area contributed by atoms with E-state index in [9.17, 15) is 15.2 Å². The molecule has 0 saturated carbocycles. The van der Waals surface area contributed by atoms with Crippen LogP contribution in [0.4, 0.5) is 5.69 Å². The van der Waals surface area contributed by atoms with Crippen molar-refractivity contribution in [1.29, 1.82) is 0 Å². The number of nitro groups is 1. The number of aliphatic hydroxyl groups is 1. The number of thiocarbonyl (C=S) groups is 1. The molecule has 8 nitrogen and oxygen atoms in total. The van der Waals surface area contributed by atoms with Gasteiger partial charge in [-0.05, 0) is 42.5 Å². The van der Waals surface area contributed by atoms with E-state index >= 15 is 0 Å². The third kappa shape index (κ3) is 3.57. The molecule has 148 valence electrons. The Morgan fingerprint density at radius 3 is 2.79 bits per heavy atom. The second-order valence-corrected chi connectivity index (χ2v) is 7.01. The topological polar surface area (TPSA) is 96.5 Å². The molecule has 1 aromatic carbocycles. The summed E-state index contributed by atoms with van der Waals surface area (Å²) in [5, 5.41) is 24.6. The fourth-order valence-electron chi connectivity index (χ4n) is 3.70. The predicted octanol–water partition coefficient (Wildman–Crippen LogP) is 2.75. The first-order chi connectivity index (χ1) is 14.1. The molecule has 1 aliphatic heterocycles. The van der Waals surface area contributed by atoms with Crippen LogP contribution >= 0.6 is 12.2 Å². The zero-order valence-corrected chi connectivity index (χ0v) is 16.2. The number of nitro benzene ring substituents is 1. The van der Waals surface area contributed by atoms with Crippen LogP contribution in [0.3, 0.4) is 0 Å². The lowest BCUT2D eigenvalue weighted by Gasteiger charge is -2.28. The molecule has 1 aliphatic rings. The maximum Gasteiger partial charge on any atom is 0.271 e. The Balaban J connectivity index is 1.81. The molecule has 3 aromatic rings. The highest BCUT2D eigenvalue weighted by Gasteiger charge is 2.40. The number of benzene rings is 1. The highest BCUT2D eigenvalue weighted by Crippen LogP contribution is 2.39. The van der Waals surface area contributed by atoms with Crippen LogP contribution in [0.2, 0.25) is 0 Å². The summed E-state index contributed by atoms with van der Waals surface area (Å²) in [6, 6.07) is 15.6. The van der Waals surface area contributed by atoms with E-state index in [2.05, 4.69) is 10.3 Å². The lowest BCUT2D eigenvalue weighted by atomic mass is 10.0. The third-order valence-corrected chi connectivity index (χ3v) is 5.29. The maximum absolute atomic E-state index is 11.2. The number of aromatic nitrogens is 2. The number of β-amino-alcohol motifs (C(OH)–C–C–N with tert-alkyl or cyclic N) is 1. The maximum atomic E-state index is 11.2. The van der Waals surface area contributed by atoms with Gasteiger partial charge in [-0.15, -0.1) is 0 Å². The second kappa shape index (κ2) is 7.98. The van der Waals surface area contributed by atoms with Crippen LogP contribution in [0.1, 0.15) is 23.5 Å². The molecule has 0 amide bonds. The number of hydrogen-bond donors (Lipinski definition) is 2. The van der Waals surface area contributed by atoms with Crippen LogP contribution in [0.5, 0.6) is 0 Å². The van der Waals surface area contributed by atoms with Gasteiger partial charge in [0, 0.05) is 36.8 Å². The summed E-state index contributed by atoms with van der Waals surface area (Å²) < 4.78 is 1.91. The van der Waals surface area contributed by atoms with Crippen LogP contribution in [0.25, 0.3) is 5.69 Å². The van der Waals surface area contributed by atoms with E-state index in [1.165, 1.54) is 12.1 Å². The van der Waals surface area contributed by atoms with Crippen LogP contribution in [0.15, 0.2) is 67.0 Å². The largest absolute Gasteiger partial charge is 0.395 e. The van der Waals surface area contributed by atoms with E-state index in [0.29, 0.717) is 17.3 Å². The average Bonchev–Trinajstić information content (AvgIpc) is 3.34. The van der Waals surface area contributed by atoms with E-state index in [1.807, 2.05) is 52.1 Å². The minimum absolute atomic E-state index is 0.0238. The van der Waals surface area contributed by atoms with Gasteiger partial charge in [0.15, 0.2) is 5.11 Å². The number of hydrogen-bond acceptors (Lipinski definition) is 5. The summed E-state index contributed by atoms with van der Waals surface area (Å²) in [6.45, 7) is 0.310. The Labute approximate surface area is 172 Å². The Kier molecular flexibility index (Phi) is 5.24. The molecule has 9 heteroatoms. The van der Waals surface area contributed by atoms with Gasteiger partial charge in [-0.25, -0.2) is 0 Å². The molecule has 3 heterocycles. The zero-order chi connectivity index (χ0) is 20.4. The van der Waals surface area contributed by atoms with Crippen molar-refractivity contribution in [3.8, 4) is 5.69 Å². The van der Waals surface area contributed by atoms with Crippen LogP contribution in [0, 0.1) is 10.1 Å². The van der Waals surface area contributed by atoms with Gasteiger partial charge < -0.3 is 19.9 Å². The molecule has 0 unspecified atom stereocenters. The molecule has 2 aromatic heterocycles. The normalized spacial score (nSPS) is 18.7. The number of pyridine rings is 1. The van der Waals surface area contributed by atoms with Crippen molar-refractivity contribution in [2.45, 2.75) is 12.1 Å². The average molecular weight is 409 g/mol. The van der Waals surface area contributed by atoms with Crippen molar-refractivity contribution in [1.82, 2.24) is 19.8 Å². The van der Waals surface area contributed by atoms with Gasteiger partial charge in [-0.1, -0.05) is 12.1 Å². The molecule has 0 radical (unpaired) electrons. The minimum Gasteiger partial charge on any atom is -0.395 e. The minimum atomic E-state index is -0.409. The molecular formula is C20H19N5O3S. The lowest BCUT2D eigenvalue weighted by Crippen LogP contribution is -2.32. The summed E-state index contributed by atoms with van der Waals surface area (Å²) >= 11 is 5.53. The van der Waals surface area contributed by atoms with Crippen molar-refractivity contribution in [2.24, 2.45) is 0 Å². The van der Waals surface area contributed by atoms with E-state index in [0.717, 1.165) is 11.4 Å². The highest BCUT2D eigenvalue weighted by molar-refractivity contribution is 7.80. The van der Waals surface area contributed by atoms with Crippen molar-refractivity contribution in [3.05, 3.63) is 88.5 Å². The van der Waals surface area contributed by atoms with E-state index < -0.39 is 4.92 Å². The molecule has 0 spiro atoms. The number of nitrogens with zero attached hydrogens (tertiary/aromatic N) is 4. The van der Waals surface area contributed by atoms with Crippen LogP contribution in [-0.4, -0.2) is 42.7 Å². The van der Waals surface area contributed by atoms with E-state index in [4.69, 9.17) is 12.2 Å². The van der Waals surface area contributed by atoms with Gasteiger partial charge in [-0.2, -0.15) is 0 Å². The number of aliphatic hydroxyl groups excluding tert-OH is 1. The standard InChI is InChI=1S/C20H19N5O3S/c26-12-11-24-19(18(22-20(24)29)16-7-1-2-9-21-16)17-8-4-10-23(17)14-5-3-6-15(13-14)25(27)28/h1-10,13,18-19,26H,11-12H2,(H,22,29)/t18-,19+/m0/s1. The van der Waals surface area contributed by atoms with Crippen LogP contribution < -0.4 is 5.32 Å². The molecule has 4 rings (SSSR count). The summed E-state index contributed by atoms with van der Waals surface area (Å²) in [6.07, 6.45) is 3.59. The Bertz CT molecular complexity index is 1040. The first-order valence-electron chi connectivity index (χ1n) is 9.11. The van der Waals surface area contributed by atoms with Gasteiger partial charge in [0.1, 0.15) is 0 Å². The molecule has 29 heavy (non-hydrogen) atoms. The van der Waals surface area contributed by atoms with Gasteiger partial charge in [0.25, 0.3) is 5.69 Å². The molecular weight excluding hydrogens is 390 g/mol. The number of nitrogens with one attached hydrogen (secondary N) is 1. The Hall–Kier alpha value is -3.30. The Morgan fingerprint density at radius 2 is 2.07 bits per heavy atom. The first-order valence-corrected chi connectivity index (χ1v) is 9.52. The highest BCUT2D eigenvalue weighted by atomic mass is 32.1. The molecule has 2 atom stereocenters. The smallest absolute Gasteiger partial charge is 0.271 e. The Morgan fingerprint density at radius 1 is 1.21 bits per heavy atom. The van der Waals surface area contributed by atoms with Gasteiger partial charge in [0.05, 0.1) is 35.0 Å². The first kappa shape index (κ1) is 19.0. The van der Waals surface area contributed by atoms with Crippen molar-refractivity contribution < 1.29 is 10.0 Å². The summed E-state index contributed by atoms with van der Waals surface area (Å²) in [5.74, 6) is 0. The second-order valence-electron chi connectivity index (χ2n) is 6.62. The van der Waals surface area contributed by atoms with Gasteiger partial charge in [-0.3, -0.25) is 15.1 Å². The zero-order valence-electron chi connectivity index (χ0n) is 15.4. The summed E-state index contributed by atoms with van der Waals surface area (Å²) in [4.78, 5) is 17.2. The molecule has 0 bridgehead atoms. The summed E-state index contributed by atoms with van der Waals surface area (Å²) in [7, 11) is 0. The monoisotopic (exact) mass is 409 g/mol. The third-order valence-electron chi connectivity index (χ3n) is 4.94. The number of non-ortho nitro benzene ring substituents is 1. The molecule has 2 N–H and O–H groups in total. The summed E-state index contributed by atoms with van der Waals surface area (Å²) in [5.41, 5.74) is 2.42.